The van der Waals surface area contributed by atoms with Gasteiger partial charge >= 0.3 is 5.97 Å². The van der Waals surface area contributed by atoms with Gasteiger partial charge in [-0.1, -0.05) is 42.8 Å². The number of hydrogen-bond donors (Lipinski definition) is 3. The number of carboxylic acid groups (broad SMARTS) is 1. The minimum atomic E-state index is -0.843. The third-order valence-corrected chi connectivity index (χ3v) is 6.06. The van der Waals surface area contributed by atoms with Crippen molar-refractivity contribution < 1.29 is 9.90 Å². The van der Waals surface area contributed by atoms with Gasteiger partial charge in [0.05, 0.1) is 11.9 Å². The topological polar surface area (TPSA) is 87.1 Å². The molecule has 0 spiro atoms. The van der Waals surface area contributed by atoms with Crippen LogP contribution in [-0.4, -0.2) is 21.0 Å². The first-order valence-corrected chi connectivity index (χ1v) is 11.1. The van der Waals surface area contributed by atoms with Gasteiger partial charge in [0.1, 0.15) is 5.82 Å². The van der Waals surface area contributed by atoms with Gasteiger partial charge in [0.15, 0.2) is 0 Å². The Balaban J connectivity index is 1.42. The number of anilines is 3. The predicted molar refractivity (Wildman–Crippen MR) is 127 cm³/mol. The maximum Gasteiger partial charge on any atom is 0.307 e. The van der Waals surface area contributed by atoms with Crippen LogP contribution in [0, 0.1) is 11.8 Å². The fourth-order valence-electron chi connectivity index (χ4n) is 4.22. The molecule has 6 nitrogen and oxygen atoms in total. The van der Waals surface area contributed by atoms with E-state index in [0.717, 1.165) is 46.0 Å². The second kappa shape index (κ2) is 8.46. The van der Waals surface area contributed by atoms with Crippen molar-refractivity contribution in [2.45, 2.75) is 32.6 Å². The monoisotopic (exact) mass is 426 g/mol. The summed E-state index contributed by atoms with van der Waals surface area (Å²) in [7, 11) is 0. The Labute approximate surface area is 187 Å². The Morgan fingerprint density at radius 2 is 1.84 bits per heavy atom. The van der Waals surface area contributed by atoms with Crippen LogP contribution in [-0.2, 0) is 11.2 Å². The Morgan fingerprint density at radius 3 is 2.59 bits per heavy atom. The van der Waals surface area contributed by atoms with Crippen molar-refractivity contribution >= 4 is 34.3 Å². The van der Waals surface area contributed by atoms with E-state index in [4.69, 9.17) is 10.1 Å². The molecular weight excluding hydrogens is 400 g/mol. The lowest BCUT2D eigenvalue weighted by atomic mass is 9.89. The molecule has 5 rings (SSSR count). The Bertz CT molecular complexity index is 1230. The van der Waals surface area contributed by atoms with Crippen LogP contribution >= 0.6 is 0 Å². The van der Waals surface area contributed by atoms with E-state index in [-0.39, 0.29) is 6.42 Å². The van der Waals surface area contributed by atoms with Gasteiger partial charge in [0.2, 0.25) is 5.95 Å². The minimum absolute atomic E-state index is 0.00488. The first-order chi connectivity index (χ1) is 15.5. The van der Waals surface area contributed by atoms with E-state index in [1.54, 1.807) is 17.7 Å². The highest BCUT2D eigenvalue weighted by molar-refractivity contribution is 5.91. The van der Waals surface area contributed by atoms with Crippen LogP contribution in [0.25, 0.3) is 10.9 Å². The van der Waals surface area contributed by atoms with Gasteiger partial charge in [0, 0.05) is 16.8 Å². The van der Waals surface area contributed by atoms with Crippen LogP contribution in [0.1, 0.15) is 31.7 Å². The normalized spacial score (nSPS) is 18.1. The number of rotatable bonds is 7. The van der Waals surface area contributed by atoms with Crippen LogP contribution in [0.2, 0.25) is 0 Å². The molecule has 2 aliphatic carbocycles. The number of aromatic nitrogens is 2. The number of hydrogen-bond acceptors (Lipinski definition) is 5. The molecule has 2 aliphatic rings. The Hall–Kier alpha value is -3.67. The lowest BCUT2D eigenvalue weighted by Crippen LogP contribution is -2.11. The first-order valence-electron chi connectivity index (χ1n) is 11.1. The fourth-order valence-corrected chi connectivity index (χ4v) is 4.22. The van der Waals surface area contributed by atoms with Crippen molar-refractivity contribution in [3.05, 3.63) is 77.5 Å². The van der Waals surface area contributed by atoms with Crippen molar-refractivity contribution in [1.82, 2.24) is 9.97 Å². The number of carbonyl (C=O) groups is 1. The van der Waals surface area contributed by atoms with Gasteiger partial charge < -0.3 is 15.7 Å². The zero-order chi connectivity index (χ0) is 22.1. The van der Waals surface area contributed by atoms with Gasteiger partial charge in [0.25, 0.3) is 0 Å². The van der Waals surface area contributed by atoms with E-state index in [1.807, 2.05) is 36.4 Å². The molecule has 0 bridgehead atoms. The summed E-state index contributed by atoms with van der Waals surface area (Å²) in [6.07, 6.45) is 8.21. The second-order valence-corrected chi connectivity index (χ2v) is 8.65. The maximum atomic E-state index is 10.9. The number of allylic oxidation sites excluding steroid dienone is 3. The van der Waals surface area contributed by atoms with Crippen molar-refractivity contribution in [2.24, 2.45) is 11.8 Å². The third kappa shape index (κ3) is 4.49. The van der Waals surface area contributed by atoms with Gasteiger partial charge in [-0.05, 0) is 67.0 Å². The quantitative estimate of drug-likeness (QED) is 0.451. The molecular formula is C26H26N4O2. The zero-order valence-corrected chi connectivity index (χ0v) is 18.0. The highest BCUT2D eigenvalue weighted by atomic mass is 16.4. The Morgan fingerprint density at radius 1 is 1.06 bits per heavy atom. The average molecular weight is 427 g/mol. The molecule has 0 saturated heterocycles. The largest absolute Gasteiger partial charge is 0.481 e. The van der Waals surface area contributed by atoms with Gasteiger partial charge in [-0.25, -0.2) is 4.98 Å². The number of fused-ring (bicyclic) bond motifs is 1. The van der Waals surface area contributed by atoms with E-state index >= 15 is 0 Å². The minimum Gasteiger partial charge on any atom is -0.481 e. The molecule has 1 atom stereocenters. The molecule has 1 heterocycles. The second-order valence-electron chi connectivity index (χ2n) is 8.65. The molecule has 3 N–H and O–H groups in total. The highest BCUT2D eigenvalue weighted by Gasteiger charge is 2.30. The molecule has 1 saturated carbocycles. The SMILES string of the molecule is CC1CC=C(Nc2nc(Nc3ccc(CC(=O)O)cc3)nc3ccccc23)C=C1C1CC1. The Kier molecular flexibility index (Phi) is 5.35. The van der Waals surface area contributed by atoms with E-state index < -0.39 is 5.97 Å². The van der Waals surface area contributed by atoms with Crippen LogP contribution in [0.4, 0.5) is 17.5 Å². The van der Waals surface area contributed by atoms with E-state index in [2.05, 4.69) is 34.7 Å². The number of nitrogens with zero attached hydrogens (tertiary/aromatic N) is 2. The van der Waals surface area contributed by atoms with Gasteiger partial charge in [-0.2, -0.15) is 4.98 Å². The highest BCUT2D eigenvalue weighted by Crippen LogP contribution is 2.43. The van der Waals surface area contributed by atoms with Gasteiger partial charge in [-0.15, -0.1) is 0 Å². The van der Waals surface area contributed by atoms with E-state index in [9.17, 15) is 4.79 Å². The fraction of sp³-hybridized carbons (Fsp3) is 0.269. The molecule has 1 aromatic heterocycles. The summed E-state index contributed by atoms with van der Waals surface area (Å²) in [5.74, 6) is 1.78. The lowest BCUT2D eigenvalue weighted by Gasteiger charge is -2.21. The summed E-state index contributed by atoms with van der Waals surface area (Å²) in [5, 5.41) is 16.7. The van der Waals surface area contributed by atoms with E-state index in [1.165, 1.54) is 12.8 Å². The van der Waals surface area contributed by atoms with Crippen LogP contribution in [0.5, 0.6) is 0 Å². The molecule has 1 fully saturated rings. The van der Waals surface area contributed by atoms with Crippen LogP contribution in [0.15, 0.2) is 72.0 Å². The van der Waals surface area contributed by atoms with Crippen LogP contribution < -0.4 is 10.6 Å². The molecule has 162 valence electrons. The maximum absolute atomic E-state index is 10.9. The number of para-hydroxylation sites is 1. The molecule has 0 radical (unpaired) electrons. The molecule has 0 amide bonds. The molecule has 0 aliphatic heterocycles. The average Bonchev–Trinajstić information content (AvgIpc) is 3.61. The smallest absolute Gasteiger partial charge is 0.307 e. The van der Waals surface area contributed by atoms with Crippen molar-refractivity contribution in [3.8, 4) is 0 Å². The van der Waals surface area contributed by atoms with Crippen molar-refractivity contribution in [3.63, 3.8) is 0 Å². The predicted octanol–water partition coefficient (Wildman–Crippen LogP) is 5.67. The first kappa shape index (κ1) is 20.2. The molecule has 2 aromatic carbocycles. The summed E-state index contributed by atoms with van der Waals surface area (Å²) in [4.78, 5) is 20.3. The van der Waals surface area contributed by atoms with Crippen LogP contribution in [0.3, 0.4) is 0 Å². The molecule has 1 unspecified atom stereocenters. The van der Waals surface area contributed by atoms with Crippen molar-refractivity contribution in [2.75, 3.05) is 10.6 Å². The summed E-state index contributed by atoms with van der Waals surface area (Å²) in [5.41, 5.74) is 5.06. The van der Waals surface area contributed by atoms with Gasteiger partial charge in [-0.3, -0.25) is 4.79 Å². The summed E-state index contributed by atoms with van der Waals surface area (Å²) < 4.78 is 0. The third-order valence-electron chi connectivity index (χ3n) is 6.06. The lowest BCUT2D eigenvalue weighted by molar-refractivity contribution is -0.136. The number of carboxylic acids is 1. The molecule has 32 heavy (non-hydrogen) atoms. The summed E-state index contributed by atoms with van der Waals surface area (Å²) >= 11 is 0. The number of nitrogens with one attached hydrogen (secondary N) is 2. The summed E-state index contributed by atoms with van der Waals surface area (Å²) in [6.45, 7) is 2.31. The molecule has 6 heteroatoms. The molecule has 3 aromatic rings. The van der Waals surface area contributed by atoms with E-state index in [0.29, 0.717) is 11.9 Å². The van der Waals surface area contributed by atoms with Crippen molar-refractivity contribution in [1.29, 1.82) is 0 Å². The standard InChI is InChI=1S/C26H26N4O2/c1-16-6-11-20(15-22(16)18-9-10-18)27-25-21-4-2-3-5-23(21)29-26(30-25)28-19-12-7-17(8-13-19)14-24(31)32/h2-5,7-8,11-13,15-16,18H,6,9-10,14H2,1H3,(H,31,32)(H2,27,28,29,30). The number of benzene rings is 2. The zero-order valence-electron chi connectivity index (χ0n) is 18.0. The number of aliphatic carboxylic acids is 1. The summed E-state index contributed by atoms with van der Waals surface area (Å²) in [6, 6.07) is 15.3.